The second-order valence-electron chi connectivity index (χ2n) is 7.54. The number of aromatic nitrogens is 1. The Hall–Kier alpha value is -3.23. The van der Waals surface area contributed by atoms with Gasteiger partial charge in [-0.1, -0.05) is 42.5 Å². The molecular weight excluding hydrogens is 419 g/mol. The van der Waals surface area contributed by atoms with Gasteiger partial charge in [0, 0.05) is 36.6 Å². The highest BCUT2D eigenvalue weighted by Gasteiger charge is 2.26. The van der Waals surface area contributed by atoms with Crippen molar-refractivity contribution >= 4 is 37.7 Å². The number of carboxylic acid groups (broad SMARTS) is 1. The van der Waals surface area contributed by atoms with Gasteiger partial charge in [-0.05, 0) is 34.5 Å². The van der Waals surface area contributed by atoms with Crippen LogP contribution in [0.15, 0.2) is 60.7 Å². The molecule has 0 fully saturated rings. The number of carbonyl (C=O) groups is 1. The second-order valence-corrected chi connectivity index (χ2v) is 9.63. The van der Waals surface area contributed by atoms with Gasteiger partial charge in [0.1, 0.15) is 11.5 Å². The lowest BCUT2D eigenvalue weighted by atomic mass is 10.0. The maximum absolute atomic E-state index is 14.1. The summed E-state index contributed by atoms with van der Waals surface area (Å²) in [5.74, 6) is -1.72. The average molecular weight is 440 g/mol. The number of aromatic carboxylic acids is 1. The molecule has 0 aliphatic rings. The predicted molar refractivity (Wildman–Crippen MR) is 118 cm³/mol. The van der Waals surface area contributed by atoms with Crippen LogP contribution in [0.1, 0.15) is 21.6 Å². The van der Waals surface area contributed by atoms with E-state index in [1.165, 1.54) is 25.2 Å². The summed E-state index contributed by atoms with van der Waals surface area (Å²) in [7, 11) is -2.19. The zero-order valence-corrected chi connectivity index (χ0v) is 17.9. The van der Waals surface area contributed by atoms with Crippen LogP contribution < -0.4 is 0 Å². The SMILES string of the molecule is CN(Cc1c(C(=O)O)n(Cc2cccc3ccccc23)c2ccc(F)cc12)S(C)(=O)=O. The van der Waals surface area contributed by atoms with E-state index >= 15 is 0 Å². The van der Waals surface area contributed by atoms with Gasteiger partial charge < -0.3 is 9.67 Å². The Labute approximate surface area is 179 Å². The number of benzene rings is 3. The molecule has 0 saturated heterocycles. The van der Waals surface area contributed by atoms with Crippen molar-refractivity contribution < 1.29 is 22.7 Å². The summed E-state index contributed by atoms with van der Waals surface area (Å²) in [6.45, 7) is 0.0661. The van der Waals surface area contributed by atoms with Crippen LogP contribution in [0.3, 0.4) is 0 Å². The average Bonchev–Trinajstić information content (AvgIpc) is 3.00. The third-order valence-corrected chi connectivity index (χ3v) is 6.75. The van der Waals surface area contributed by atoms with Gasteiger partial charge in [0.15, 0.2) is 0 Å². The maximum atomic E-state index is 14.1. The fourth-order valence-electron chi connectivity index (χ4n) is 3.91. The minimum Gasteiger partial charge on any atom is -0.477 e. The van der Waals surface area contributed by atoms with Crippen molar-refractivity contribution in [3.63, 3.8) is 0 Å². The molecule has 0 unspecified atom stereocenters. The van der Waals surface area contributed by atoms with Crippen molar-refractivity contribution in [2.24, 2.45) is 0 Å². The predicted octanol–water partition coefficient (Wildman–Crippen LogP) is 4.07. The number of halogens is 1. The first kappa shape index (κ1) is 21.0. The first-order chi connectivity index (χ1) is 14.7. The molecule has 0 aliphatic heterocycles. The fourth-order valence-corrected chi connectivity index (χ4v) is 4.27. The smallest absolute Gasteiger partial charge is 0.352 e. The number of hydrogen-bond donors (Lipinski definition) is 1. The molecule has 0 spiro atoms. The maximum Gasteiger partial charge on any atom is 0.352 e. The molecule has 8 heteroatoms. The van der Waals surface area contributed by atoms with E-state index in [1.54, 1.807) is 4.57 Å². The largest absolute Gasteiger partial charge is 0.477 e. The van der Waals surface area contributed by atoms with E-state index in [-0.39, 0.29) is 24.3 Å². The van der Waals surface area contributed by atoms with Gasteiger partial charge in [0.25, 0.3) is 0 Å². The number of carboxylic acids is 1. The molecule has 0 saturated carbocycles. The highest BCUT2D eigenvalue weighted by atomic mass is 32.2. The molecule has 160 valence electrons. The third-order valence-electron chi connectivity index (χ3n) is 5.49. The van der Waals surface area contributed by atoms with Crippen molar-refractivity contribution in [1.29, 1.82) is 0 Å². The van der Waals surface area contributed by atoms with E-state index in [0.717, 1.165) is 26.9 Å². The lowest BCUT2D eigenvalue weighted by Gasteiger charge is -2.15. The first-order valence-electron chi connectivity index (χ1n) is 9.58. The number of nitrogens with zero attached hydrogens (tertiary/aromatic N) is 2. The lowest BCUT2D eigenvalue weighted by molar-refractivity contribution is 0.0684. The van der Waals surface area contributed by atoms with E-state index in [0.29, 0.717) is 10.9 Å². The van der Waals surface area contributed by atoms with Crippen LogP contribution >= 0.6 is 0 Å². The Morgan fingerprint density at radius 3 is 2.48 bits per heavy atom. The zero-order chi connectivity index (χ0) is 22.3. The van der Waals surface area contributed by atoms with Gasteiger partial charge in [-0.25, -0.2) is 21.9 Å². The van der Waals surface area contributed by atoms with Gasteiger partial charge in [0.05, 0.1) is 6.26 Å². The van der Waals surface area contributed by atoms with E-state index in [9.17, 15) is 22.7 Å². The Balaban J connectivity index is 1.96. The van der Waals surface area contributed by atoms with Gasteiger partial charge >= 0.3 is 5.97 Å². The Morgan fingerprint density at radius 2 is 1.77 bits per heavy atom. The highest BCUT2D eigenvalue weighted by molar-refractivity contribution is 7.88. The van der Waals surface area contributed by atoms with Crippen LogP contribution in [0.4, 0.5) is 4.39 Å². The van der Waals surface area contributed by atoms with Crippen LogP contribution in [0, 0.1) is 5.82 Å². The number of sulfonamides is 1. The summed E-state index contributed by atoms with van der Waals surface area (Å²) < 4.78 is 40.7. The summed E-state index contributed by atoms with van der Waals surface area (Å²) in [4.78, 5) is 12.3. The summed E-state index contributed by atoms with van der Waals surface area (Å²) in [5, 5.41) is 12.4. The molecule has 31 heavy (non-hydrogen) atoms. The minimum absolute atomic E-state index is 0.0518. The van der Waals surface area contributed by atoms with Crippen LogP contribution in [-0.2, 0) is 23.1 Å². The van der Waals surface area contributed by atoms with Crippen molar-refractivity contribution in [3.8, 4) is 0 Å². The van der Waals surface area contributed by atoms with Crippen LogP contribution in [-0.4, -0.2) is 41.7 Å². The van der Waals surface area contributed by atoms with Gasteiger partial charge in [-0.2, -0.15) is 0 Å². The standard InChI is InChI=1S/C23H21FN2O4S/c1-25(31(2,29)30)14-20-19-12-17(24)10-11-21(19)26(22(20)23(27)28)13-16-8-5-7-15-6-3-4-9-18(15)16/h3-12H,13-14H2,1-2H3,(H,27,28). The van der Waals surface area contributed by atoms with E-state index < -0.39 is 21.8 Å². The molecule has 0 bridgehead atoms. The zero-order valence-electron chi connectivity index (χ0n) is 17.0. The van der Waals surface area contributed by atoms with E-state index in [1.807, 2.05) is 42.5 Å². The molecule has 1 heterocycles. The van der Waals surface area contributed by atoms with Crippen molar-refractivity contribution in [3.05, 3.63) is 83.3 Å². The Kier molecular flexibility index (Phi) is 5.28. The van der Waals surface area contributed by atoms with Crippen LogP contribution in [0.25, 0.3) is 21.7 Å². The molecule has 3 aromatic carbocycles. The number of fused-ring (bicyclic) bond motifs is 2. The topological polar surface area (TPSA) is 79.6 Å². The summed E-state index contributed by atoms with van der Waals surface area (Å²) >= 11 is 0. The first-order valence-corrected chi connectivity index (χ1v) is 11.4. The fraction of sp³-hybridized carbons (Fsp3) is 0.174. The quantitative estimate of drug-likeness (QED) is 0.490. The lowest BCUT2D eigenvalue weighted by Crippen LogP contribution is -2.26. The molecule has 0 atom stereocenters. The molecule has 0 amide bonds. The third kappa shape index (κ3) is 3.92. The van der Waals surface area contributed by atoms with Crippen molar-refractivity contribution in [2.45, 2.75) is 13.1 Å². The Morgan fingerprint density at radius 1 is 1.06 bits per heavy atom. The minimum atomic E-state index is -3.56. The molecular formula is C23H21FN2O4S. The summed E-state index contributed by atoms with van der Waals surface area (Å²) in [6.07, 6.45) is 1.04. The molecule has 0 radical (unpaired) electrons. The summed E-state index contributed by atoms with van der Waals surface area (Å²) in [6, 6.07) is 17.7. The number of hydrogen-bond acceptors (Lipinski definition) is 3. The second kappa shape index (κ2) is 7.79. The number of rotatable bonds is 6. The summed E-state index contributed by atoms with van der Waals surface area (Å²) in [5.41, 5.74) is 1.65. The molecule has 0 aliphatic carbocycles. The molecule has 1 N–H and O–H groups in total. The van der Waals surface area contributed by atoms with Crippen LogP contribution in [0.2, 0.25) is 0 Å². The normalized spacial score (nSPS) is 12.1. The van der Waals surface area contributed by atoms with E-state index in [2.05, 4.69) is 0 Å². The molecule has 4 aromatic rings. The van der Waals surface area contributed by atoms with E-state index in [4.69, 9.17) is 0 Å². The van der Waals surface area contributed by atoms with Crippen LogP contribution in [0.5, 0.6) is 0 Å². The van der Waals surface area contributed by atoms with Gasteiger partial charge in [-0.15, -0.1) is 0 Å². The van der Waals surface area contributed by atoms with Gasteiger partial charge in [-0.3, -0.25) is 0 Å². The highest BCUT2D eigenvalue weighted by Crippen LogP contribution is 2.31. The molecule has 1 aromatic heterocycles. The monoisotopic (exact) mass is 440 g/mol. The molecule has 6 nitrogen and oxygen atoms in total. The van der Waals surface area contributed by atoms with Gasteiger partial charge in [0.2, 0.25) is 10.0 Å². The molecule has 4 rings (SSSR count). The van der Waals surface area contributed by atoms with Crippen molar-refractivity contribution in [2.75, 3.05) is 13.3 Å². The Bertz CT molecular complexity index is 1420. The van der Waals surface area contributed by atoms with Crippen molar-refractivity contribution in [1.82, 2.24) is 8.87 Å².